The lowest BCUT2D eigenvalue weighted by molar-refractivity contribution is -0.137. The number of anilines is 2. The first kappa shape index (κ1) is 27.1. The Labute approximate surface area is 222 Å². The van der Waals surface area contributed by atoms with Crippen LogP contribution >= 0.6 is 11.8 Å². The molecule has 0 spiro atoms. The number of carbonyl (C=O) groups is 1. The lowest BCUT2D eigenvalue weighted by Crippen LogP contribution is -2.23. The maximum absolute atomic E-state index is 13.1. The molecule has 38 heavy (non-hydrogen) atoms. The van der Waals surface area contributed by atoms with Crippen molar-refractivity contribution in [3.63, 3.8) is 0 Å². The number of ether oxygens (including phenoxy) is 1. The summed E-state index contributed by atoms with van der Waals surface area (Å²) < 4.78 is 46.4. The average molecular weight is 542 g/mol. The van der Waals surface area contributed by atoms with Crippen LogP contribution in [0.5, 0.6) is 5.75 Å². The zero-order valence-corrected chi connectivity index (χ0v) is 21.7. The Bertz CT molecular complexity index is 1390. The van der Waals surface area contributed by atoms with Crippen LogP contribution in [-0.4, -0.2) is 33.0 Å². The first-order chi connectivity index (χ1) is 18.1. The number of methoxy groups -OCH3 is 1. The van der Waals surface area contributed by atoms with E-state index >= 15 is 0 Å². The van der Waals surface area contributed by atoms with Gasteiger partial charge in [0.25, 0.3) is 0 Å². The molecule has 0 aliphatic rings. The number of rotatable bonds is 9. The zero-order valence-electron chi connectivity index (χ0n) is 20.9. The maximum atomic E-state index is 13.1. The van der Waals surface area contributed by atoms with Gasteiger partial charge in [-0.25, -0.2) is 0 Å². The van der Waals surface area contributed by atoms with Gasteiger partial charge in [-0.3, -0.25) is 9.36 Å². The summed E-state index contributed by atoms with van der Waals surface area (Å²) >= 11 is 1.22. The van der Waals surface area contributed by atoms with Crippen LogP contribution in [0.4, 0.5) is 24.5 Å². The highest BCUT2D eigenvalue weighted by Gasteiger charge is 2.30. The summed E-state index contributed by atoms with van der Waals surface area (Å²) in [4.78, 5) is 12.9. The number of alkyl halides is 3. The predicted octanol–water partition coefficient (Wildman–Crippen LogP) is 6.33. The smallest absolute Gasteiger partial charge is 0.416 e. The number of amides is 1. The molecule has 0 radical (unpaired) electrons. The summed E-state index contributed by atoms with van der Waals surface area (Å²) in [6.45, 7) is 3.84. The highest BCUT2D eigenvalue weighted by Crippen LogP contribution is 2.31. The Morgan fingerprint density at radius 1 is 1.03 bits per heavy atom. The highest BCUT2D eigenvalue weighted by atomic mass is 32.2. The van der Waals surface area contributed by atoms with Crippen molar-refractivity contribution in [2.24, 2.45) is 0 Å². The monoisotopic (exact) mass is 541 g/mol. The summed E-state index contributed by atoms with van der Waals surface area (Å²) in [7, 11) is 1.56. The van der Waals surface area contributed by atoms with E-state index in [0.29, 0.717) is 33.8 Å². The summed E-state index contributed by atoms with van der Waals surface area (Å²) in [5, 5.41) is 14.4. The van der Waals surface area contributed by atoms with Crippen LogP contribution in [0.15, 0.2) is 78.0 Å². The number of aromatic nitrogens is 3. The number of benzene rings is 3. The Morgan fingerprint density at radius 2 is 1.74 bits per heavy atom. The molecule has 4 aromatic rings. The molecule has 0 saturated carbocycles. The summed E-state index contributed by atoms with van der Waals surface area (Å²) in [6.07, 6.45) is -4.44. The van der Waals surface area contributed by atoms with Gasteiger partial charge in [0.15, 0.2) is 11.0 Å². The maximum Gasteiger partial charge on any atom is 0.416 e. The lowest BCUT2D eigenvalue weighted by Gasteiger charge is -2.15. The molecule has 0 saturated heterocycles. The van der Waals surface area contributed by atoms with Gasteiger partial charge in [-0.05, 0) is 68.4 Å². The van der Waals surface area contributed by atoms with Gasteiger partial charge >= 0.3 is 6.18 Å². The first-order valence-corrected chi connectivity index (χ1v) is 12.6. The molecule has 198 valence electrons. The van der Waals surface area contributed by atoms with E-state index in [2.05, 4.69) is 20.8 Å². The van der Waals surface area contributed by atoms with Crippen molar-refractivity contribution in [1.29, 1.82) is 0 Å². The van der Waals surface area contributed by atoms with Crippen molar-refractivity contribution in [3.8, 4) is 11.4 Å². The van der Waals surface area contributed by atoms with Crippen LogP contribution in [0.1, 0.15) is 23.9 Å². The third-order valence-electron chi connectivity index (χ3n) is 5.64. The van der Waals surface area contributed by atoms with Crippen molar-refractivity contribution in [2.45, 2.75) is 37.0 Å². The number of hydrogen-bond donors (Lipinski definition) is 2. The molecule has 0 aliphatic carbocycles. The van der Waals surface area contributed by atoms with Gasteiger partial charge in [-0.2, -0.15) is 13.2 Å². The van der Waals surface area contributed by atoms with E-state index in [9.17, 15) is 18.0 Å². The van der Waals surface area contributed by atoms with Crippen molar-refractivity contribution < 1.29 is 22.7 Å². The second-order valence-electron chi connectivity index (χ2n) is 8.48. The van der Waals surface area contributed by atoms with Gasteiger partial charge in [-0.15, -0.1) is 10.2 Å². The first-order valence-electron chi connectivity index (χ1n) is 11.7. The number of thioether (sulfide) groups is 1. The molecule has 1 heterocycles. The number of hydrogen-bond acceptors (Lipinski definition) is 6. The predicted molar refractivity (Wildman–Crippen MR) is 142 cm³/mol. The van der Waals surface area contributed by atoms with Crippen LogP contribution in [0.2, 0.25) is 0 Å². The minimum atomic E-state index is -4.44. The van der Waals surface area contributed by atoms with E-state index in [0.717, 1.165) is 17.7 Å². The molecular formula is C27H26F3N5O2S. The topological polar surface area (TPSA) is 81.1 Å². The van der Waals surface area contributed by atoms with Crippen LogP contribution in [0.3, 0.4) is 0 Å². The van der Waals surface area contributed by atoms with Gasteiger partial charge in [0.1, 0.15) is 5.75 Å². The van der Waals surface area contributed by atoms with Crippen molar-refractivity contribution in [1.82, 2.24) is 14.8 Å². The molecule has 3 aromatic carbocycles. The van der Waals surface area contributed by atoms with Gasteiger partial charge in [-0.1, -0.05) is 35.5 Å². The fourth-order valence-corrected chi connectivity index (χ4v) is 4.45. The van der Waals surface area contributed by atoms with Crippen LogP contribution in [0.25, 0.3) is 5.69 Å². The highest BCUT2D eigenvalue weighted by molar-refractivity contribution is 8.00. The van der Waals surface area contributed by atoms with Gasteiger partial charge in [0.2, 0.25) is 5.91 Å². The largest absolute Gasteiger partial charge is 0.497 e. The Morgan fingerprint density at radius 3 is 2.39 bits per heavy atom. The molecule has 1 atom stereocenters. The molecular weight excluding hydrogens is 515 g/mol. The SMILES string of the molecule is COc1ccc(-n2c(CNc3cccc(C(F)(F)F)c3)nnc2S[C@@H](C)C(=O)Nc2ccc(C)cc2)cc1. The summed E-state index contributed by atoms with van der Waals surface area (Å²) in [5.74, 6) is 0.915. The van der Waals surface area contributed by atoms with Crippen LogP contribution in [-0.2, 0) is 17.5 Å². The zero-order chi connectivity index (χ0) is 27.3. The average Bonchev–Trinajstić information content (AvgIpc) is 3.30. The summed E-state index contributed by atoms with van der Waals surface area (Å²) in [5.41, 5.74) is 2.04. The van der Waals surface area contributed by atoms with E-state index in [1.165, 1.54) is 17.8 Å². The molecule has 0 bridgehead atoms. The summed E-state index contributed by atoms with van der Waals surface area (Å²) in [6, 6.07) is 19.6. The molecule has 2 N–H and O–H groups in total. The van der Waals surface area contributed by atoms with Crippen molar-refractivity contribution in [2.75, 3.05) is 17.7 Å². The third-order valence-corrected chi connectivity index (χ3v) is 6.68. The molecule has 7 nitrogen and oxygen atoms in total. The standard InChI is InChI=1S/C27H26F3N5O2S/c1-17-7-9-20(10-8-17)32-25(36)18(2)38-26-34-33-24(35(26)22-11-13-23(37-3)14-12-22)16-31-21-6-4-5-19(15-21)27(28,29)30/h4-15,18,31H,16H2,1-3H3,(H,32,36)/t18-/m0/s1. The molecule has 0 fully saturated rings. The Balaban J connectivity index is 1.57. The fraction of sp³-hybridized carbons (Fsp3) is 0.222. The van der Waals surface area contributed by atoms with E-state index in [4.69, 9.17) is 4.74 Å². The van der Waals surface area contributed by atoms with E-state index in [1.807, 2.05) is 43.3 Å². The third kappa shape index (κ3) is 6.65. The fourth-order valence-electron chi connectivity index (χ4n) is 3.56. The van der Waals surface area contributed by atoms with Crippen LogP contribution in [0, 0.1) is 6.92 Å². The van der Waals surface area contributed by atoms with E-state index < -0.39 is 17.0 Å². The molecule has 0 aliphatic heterocycles. The van der Waals surface area contributed by atoms with Gasteiger partial charge < -0.3 is 15.4 Å². The number of nitrogens with one attached hydrogen (secondary N) is 2. The van der Waals surface area contributed by atoms with Crippen molar-refractivity contribution >= 4 is 29.0 Å². The number of nitrogens with zero attached hydrogens (tertiary/aromatic N) is 3. The van der Waals surface area contributed by atoms with Crippen LogP contribution < -0.4 is 15.4 Å². The van der Waals surface area contributed by atoms with Gasteiger partial charge in [0.05, 0.1) is 24.5 Å². The quantitative estimate of drug-likeness (QED) is 0.241. The van der Waals surface area contributed by atoms with Crippen molar-refractivity contribution in [3.05, 3.63) is 89.7 Å². The van der Waals surface area contributed by atoms with E-state index in [1.54, 1.807) is 36.8 Å². The minimum Gasteiger partial charge on any atom is -0.497 e. The molecule has 1 amide bonds. The molecule has 4 rings (SSSR count). The molecule has 11 heteroatoms. The Kier molecular flexibility index (Phi) is 8.26. The minimum absolute atomic E-state index is 0.102. The Hall–Kier alpha value is -3.99. The van der Waals surface area contributed by atoms with Gasteiger partial charge in [0, 0.05) is 17.1 Å². The normalized spacial score (nSPS) is 12.2. The number of halogens is 3. The molecule has 0 unspecified atom stereocenters. The second-order valence-corrected chi connectivity index (χ2v) is 9.79. The lowest BCUT2D eigenvalue weighted by atomic mass is 10.2. The second kappa shape index (κ2) is 11.6. The van der Waals surface area contributed by atoms with E-state index in [-0.39, 0.29) is 12.5 Å². The molecule has 1 aromatic heterocycles. The number of aryl methyl sites for hydroxylation is 1. The number of carbonyl (C=O) groups excluding carboxylic acids is 1.